The number of hydrogen-bond donors (Lipinski definition) is 0. The Hall–Kier alpha value is -2.43. The summed E-state index contributed by atoms with van der Waals surface area (Å²) in [5, 5.41) is 0. The summed E-state index contributed by atoms with van der Waals surface area (Å²) < 4.78 is 5.98. The molecule has 0 aromatic heterocycles. The quantitative estimate of drug-likeness (QED) is 0.253. The molecule has 0 saturated carbocycles. The van der Waals surface area contributed by atoms with E-state index >= 15 is 0 Å². The molecule has 0 bridgehead atoms. The van der Waals surface area contributed by atoms with Crippen molar-refractivity contribution < 1.29 is 19.1 Å². The molecule has 0 saturated heterocycles. The average molecular weight is 458 g/mol. The molecule has 1 aromatic carbocycles. The van der Waals surface area contributed by atoms with Gasteiger partial charge in [-0.2, -0.15) is 0 Å². The van der Waals surface area contributed by atoms with Gasteiger partial charge in [0.2, 0.25) is 5.91 Å². The summed E-state index contributed by atoms with van der Waals surface area (Å²) in [7, 11) is 1.71. The van der Waals surface area contributed by atoms with Gasteiger partial charge >= 0.3 is 5.97 Å². The summed E-state index contributed by atoms with van der Waals surface area (Å²) in [6.07, 6.45) is -0.0437. The number of allylic oxidation sites excluding steroid dienone is 1. The van der Waals surface area contributed by atoms with E-state index in [-0.39, 0.29) is 23.5 Å². The first kappa shape index (κ1) is 28.6. The molecule has 0 aliphatic rings. The standard InChI is InChI=1S/C28H43NO4/c1-13-29(12)23(31)25(4,5)18-22(30)27(8,9)24(32)33-28(10,11)21-17-15-14-16-20(21)26(6,7)19(2)3/h14-17H,2,13,18H2,1,3-12H3. The predicted molar refractivity (Wildman–Crippen MR) is 134 cm³/mol. The number of esters is 1. The van der Waals surface area contributed by atoms with Gasteiger partial charge in [0.05, 0.1) is 5.41 Å². The van der Waals surface area contributed by atoms with E-state index in [0.29, 0.717) is 6.54 Å². The van der Waals surface area contributed by atoms with Gasteiger partial charge in [-0.15, -0.1) is 0 Å². The maximum absolute atomic E-state index is 13.3. The minimum atomic E-state index is -1.39. The van der Waals surface area contributed by atoms with Crippen molar-refractivity contribution in [2.75, 3.05) is 13.6 Å². The normalized spacial score (nSPS) is 12.8. The topological polar surface area (TPSA) is 63.7 Å². The molecule has 5 nitrogen and oxygen atoms in total. The smallest absolute Gasteiger partial charge is 0.319 e. The molecule has 0 heterocycles. The molecule has 0 fully saturated rings. The van der Waals surface area contributed by atoms with Crippen molar-refractivity contribution in [3.8, 4) is 0 Å². The second-order valence-corrected chi connectivity index (χ2v) is 11.3. The number of Topliss-reactive ketones (excluding diaryl/α,β-unsaturated/α-hetero) is 1. The Kier molecular flexibility index (Phi) is 8.51. The minimum absolute atomic E-state index is 0.0437. The lowest BCUT2D eigenvalue weighted by molar-refractivity contribution is -0.171. The molecular formula is C28H43NO4. The number of ether oxygens (including phenoxy) is 1. The Labute approximate surface area is 200 Å². The van der Waals surface area contributed by atoms with Crippen molar-refractivity contribution >= 4 is 17.7 Å². The van der Waals surface area contributed by atoms with Gasteiger partial charge in [-0.1, -0.05) is 64.1 Å². The van der Waals surface area contributed by atoms with Crippen LogP contribution in [-0.4, -0.2) is 36.2 Å². The van der Waals surface area contributed by atoms with E-state index in [9.17, 15) is 14.4 Å². The van der Waals surface area contributed by atoms with Gasteiger partial charge in [0.15, 0.2) is 5.78 Å². The number of nitrogens with zero attached hydrogens (tertiary/aromatic N) is 1. The first-order valence-corrected chi connectivity index (χ1v) is 11.6. The lowest BCUT2D eigenvalue weighted by Gasteiger charge is -2.36. The van der Waals surface area contributed by atoms with E-state index in [1.807, 2.05) is 52.0 Å². The molecule has 184 valence electrons. The maximum Gasteiger partial charge on any atom is 0.319 e. The van der Waals surface area contributed by atoms with Crippen molar-refractivity contribution in [3.05, 3.63) is 47.5 Å². The maximum atomic E-state index is 13.3. The Bertz CT molecular complexity index is 922. The van der Waals surface area contributed by atoms with Gasteiger partial charge in [0.25, 0.3) is 0 Å². The summed E-state index contributed by atoms with van der Waals surface area (Å²) in [6.45, 7) is 23.0. The number of rotatable bonds is 10. The molecule has 0 atom stereocenters. The van der Waals surface area contributed by atoms with Gasteiger partial charge in [-0.05, 0) is 52.7 Å². The zero-order chi connectivity index (χ0) is 26.0. The van der Waals surface area contributed by atoms with Crippen LogP contribution < -0.4 is 0 Å². The lowest BCUT2D eigenvalue weighted by Crippen LogP contribution is -2.45. The Morgan fingerprint density at radius 1 is 0.939 bits per heavy atom. The van der Waals surface area contributed by atoms with Crippen LogP contribution >= 0.6 is 0 Å². The van der Waals surface area contributed by atoms with Crippen LogP contribution in [0.4, 0.5) is 0 Å². The fourth-order valence-electron chi connectivity index (χ4n) is 3.67. The summed E-state index contributed by atoms with van der Waals surface area (Å²) in [6, 6.07) is 7.84. The molecule has 5 heteroatoms. The van der Waals surface area contributed by atoms with E-state index in [2.05, 4.69) is 20.4 Å². The number of benzene rings is 1. The van der Waals surface area contributed by atoms with Crippen LogP contribution in [0.25, 0.3) is 0 Å². The number of carbonyl (C=O) groups is 3. The molecule has 0 radical (unpaired) electrons. The van der Waals surface area contributed by atoms with Crippen LogP contribution in [-0.2, 0) is 30.1 Å². The third kappa shape index (κ3) is 6.13. The molecule has 1 aromatic rings. The van der Waals surface area contributed by atoms with Gasteiger partial charge in [0, 0.05) is 25.4 Å². The molecule has 0 N–H and O–H groups in total. The zero-order valence-corrected chi connectivity index (χ0v) is 22.5. The van der Waals surface area contributed by atoms with Crippen LogP contribution in [0.15, 0.2) is 36.4 Å². The van der Waals surface area contributed by atoms with Crippen molar-refractivity contribution in [3.63, 3.8) is 0 Å². The number of carbonyl (C=O) groups excluding carboxylic acids is 3. The first-order chi connectivity index (χ1) is 14.8. The summed E-state index contributed by atoms with van der Waals surface area (Å²) in [5.41, 5.74) is -0.696. The highest BCUT2D eigenvalue weighted by Crippen LogP contribution is 2.40. The van der Waals surface area contributed by atoms with Gasteiger partial charge in [-0.3, -0.25) is 14.4 Å². The molecule has 0 aliphatic heterocycles. The third-order valence-electron chi connectivity index (χ3n) is 6.87. The van der Waals surface area contributed by atoms with Gasteiger partial charge in [-0.25, -0.2) is 0 Å². The van der Waals surface area contributed by atoms with Crippen LogP contribution in [0, 0.1) is 10.8 Å². The van der Waals surface area contributed by atoms with Crippen molar-refractivity contribution in [2.24, 2.45) is 10.8 Å². The van der Waals surface area contributed by atoms with E-state index in [0.717, 1.165) is 16.7 Å². The fraction of sp³-hybridized carbons (Fsp3) is 0.607. The van der Waals surface area contributed by atoms with Crippen LogP contribution in [0.5, 0.6) is 0 Å². The minimum Gasteiger partial charge on any atom is -0.454 e. The van der Waals surface area contributed by atoms with Crippen molar-refractivity contribution in [2.45, 2.75) is 86.7 Å². The van der Waals surface area contributed by atoms with E-state index in [1.165, 1.54) is 0 Å². The van der Waals surface area contributed by atoms with Gasteiger partial charge in [0.1, 0.15) is 11.0 Å². The number of amides is 1. The van der Waals surface area contributed by atoms with Crippen LogP contribution in [0.2, 0.25) is 0 Å². The molecule has 1 amide bonds. The van der Waals surface area contributed by atoms with Crippen LogP contribution in [0.3, 0.4) is 0 Å². The third-order valence-corrected chi connectivity index (χ3v) is 6.87. The summed E-state index contributed by atoms with van der Waals surface area (Å²) in [4.78, 5) is 40.7. The molecule has 33 heavy (non-hydrogen) atoms. The van der Waals surface area contributed by atoms with Gasteiger partial charge < -0.3 is 9.64 Å². The number of ketones is 1. The monoisotopic (exact) mass is 457 g/mol. The predicted octanol–water partition coefficient (Wildman–Crippen LogP) is 5.81. The highest BCUT2D eigenvalue weighted by Gasteiger charge is 2.45. The Balaban J connectivity index is 3.21. The molecule has 0 aliphatic carbocycles. The summed E-state index contributed by atoms with van der Waals surface area (Å²) >= 11 is 0. The molecule has 0 spiro atoms. The summed E-state index contributed by atoms with van der Waals surface area (Å²) in [5.74, 6) is -1.05. The largest absolute Gasteiger partial charge is 0.454 e. The lowest BCUT2D eigenvalue weighted by atomic mass is 9.74. The van der Waals surface area contributed by atoms with Crippen LogP contribution in [0.1, 0.15) is 86.8 Å². The molecular weight excluding hydrogens is 414 g/mol. The van der Waals surface area contributed by atoms with E-state index in [4.69, 9.17) is 4.74 Å². The fourth-order valence-corrected chi connectivity index (χ4v) is 3.67. The molecule has 0 unspecified atom stereocenters. The highest BCUT2D eigenvalue weighted by atomic mass is 16.6. The second-order valence-electron chi connectivity index (χ2n) is 11.3. The number of hydrogen-bond acceptors (Lipinski definition) is 4. The van der Waals surface area contributed by atoms with Crippen molar-refractivity contribution in [1.82, 2.24) is 4.90 Å². The SMILES string of the molecule is C=C(C)C(C)(C)c1ccccc1C(C)(C)OC(=O)C(C)(C)C(=O)CC(C)(C)C(=O)N(C)CC. The average Bonchev–Trinajstić information content (AvgIpc) is 2.71. The first-order valence-electron chi connectivity index (χ1n) is 11.6. The van der Waals surface area contributed by atoms with E-state index in [1.54, 1.807) is 39.6 Å². The second kappa shape index (κ2) is 9.82. The molecule has 1 rings (SSSR count). The Morgan fingerprint density at radius 2 is 1.42 bits per heavy atom. The van der Waals surface area contributed by atoms with E-state index < -0.39 is 22.4 Å². The zero-order valence-electron chi connectivity index (χ0n) is 22.5. The highest BCUT2D eigenvalue weighted by molar-refractivity contribution is 6.04. The Morgan fingerprint density at radius 3 is 1.88 bits per heavy atom. The van der Waals surface area contributed by atoms with Crippen molar-refractivity contribution in [1.29, 1.82) is 0 Å².